The first-order valence-electron chi connectivity index (χ1n) is 11.9. The van der Waals surface area contributed by atoms with Crippen molar-refractivity contribution in [3.63, 3.8) is 0 Å². The first kappa shape index (κ1) is 22.8. The van der Waals surface area contributed by atoms with Crippen LogP contribution in [0, 0.1) is 0 Å². The molecule has 1 aromatic heterocycles. The average molecular weight is 478 g/mol. The lowest BCUT2D eigenvalue weighted by molar-refractivity contribution is -0.127. The fraction of sp³-hybridized carbons (Fsp3) is 0.407. The number of carbonyl (C=O) groups excluding carboxylic acids is 2. The van der Waals surface area contributed by atoms with Gasteiger partial charge in [-0.05, 0) is 62.4 Å². The molecule has 0 unspecified atom stereocenters. The second-order valence-electron chi connectivity index (χ2n) is 9.46. The third kappa shape index (κ3) is 3.86. The van der Waals surface area contributed by atoms with E-state index in [1.165, 1.54) is 6.42 Å². The Labute approximate surface area is 204 Å². The van der Waals surface area contributed by atoms with Crippen molar-refractivity contribution < 1.29 is 14.3 Å². The fourth-order valence-electron chi connectivity index (χ4n) is 5.34. The van der Waals surface area contributed by atoms with E-state index < -0.39 is 5.54 Å². The van der Waals surface area contributed by atoms with Crippen molar-refractivity contribution in [2.75, 3.05) is 18.3 Å². The molecule has 5 rings (SSSR count). The summed E-state index contributed by atoms with van der Waals surface area (Å²) >= 11 is 1.62. The third-order valence-electron chi connectivity index (χ3n) is 7.23. The van der Waals surface area contributed by atoms with E-state index >= 15 is 0 Å². The zero-order chi connectivity index (χ0) is 23.9. The minimum absolute atomic E-state index is 0.0994. The summed E-state index contributed by atoms with van der Waals surface area (Å²) in [4.78, 5) is 30.7. The lowest BCUT2D eigenvalue weighted by atomic mass is 9.91. The van der Waals surface area contributed by atoms with Crippen LogP contribution in [0.2, 0.25) is 0 Å². The monoisotopic (exact) mass is 477 g/mol. The van der Waals surface area contributed by atoms with Gasteiger partial charge < -0.3 is 14.6 Å². The molecule has 178 valence electrons. The van der Waals surface area contributed by atoms with Gasteiger partial charge in [0, 0.05) is 28.1 Å². The Bertz CT molecular complexity index is 1250. The summed E-state index contributed by atoms with van der Waals surface area (Å²) in [5.41, 5.74) is 1.15. The largest absolute Gasteiger partial charge is 0.497 e. The SMILES string of the molecule is COc1ccc2cc3n(c2c1)C[C@@](C)(C(=O)NC1CCCCC1)N(c1cccc(SC)c1)C3=O. The van der Waals surface area contributed by atoms with E-state index in [1.54, 1.807) is 23.8 Å². The van der Waals surface area contributed by atoms with Crippen molar-refractivity contribution in [3.8, 4) is 5.75 Å². The quantitative estimate of drug-likeness (QED) is 0.511. The standard InChI is InChI=1S/C27H31N3O3S/c1-27(26(32)28-19-8-5-4-6-9-19)17-29-23-16-21(33-2)13-12-18(23)14-24(29)25(31)30(27)20-10-7-11-22(15-20)34-3/h7,10-16,19H,4-6,8-9,17H2,1-3H3,(H,28,32)/t27-/m0/s1. The molecule has 0 bridgehead atoms. The zero-order valence-electron chi connectivity index (χ0n) is 20.0. The number of thioether (sulfide) groups is 1. The number of aromatic nitrogens is 1. The summed E-state index contributed by atoms with van der Waals surface area (Å²) < 4.78 is 7.42. The minimum atomic E-state index is -1.08. The van der Waals surface area contributed by atoms with Crippen molar-refractivity contribution in [2.45, 2.75) is 62.0 Å². The second-order valence-corrected chi connectivity index (χ2v) is 10.3. The van der Waals surface area contributed by atoms with Gasteiger partial charge in [0.15, 0.2) is 0 Å². The Morgan fingerprint density at radius 3 is 2.65 bits per heavy atom. The van der Waals surface area contributed by atoms with E-state index in [4.69, 9.17) is 4.74 Å². The number of methoxy groups -OCH3 is 1. The van der Waals surface area contributed by atoms with Crippen molar-refractivity contribution in [3.05, 3.63) is 54.2 Å². The predicted molar refractivity (Wildman–Crippen MR) is 137 cm³/mol. The molecule has 2 amide bonds. The van der Waals surface area contributed by atoms with Crippen LogP contribution in [0.15, 0.2) is 53.4 Å². The lowest BCUT2D eigenvalue weighted by Crippen LogP contribution is -2.65. The van der Waals surface area contributed by atoms with Crippen molar-refractivity contribution >= 4 is 40.2 Å². The zero-order valence-corrected chi connectivity index (χ0v) is 20.8. The molecule has 2 heterocycles. The van der Waals surface area contributed by atoms with Crippen LogP contribution >= 0.6 is 11.8 Å². The van der Waals surface area contributed by atoms with Gasteiger partial charge in [-0.1, -0.05) is 25.3 Å². The van der Waals surface area contributed by atoms with Crippen molar-refractivity contribution in [2.24, 2.45) is 0 Å². The normalized spacial score (nSPS) is 20.9. The van der Waals surface area contributed by atoms with E-state index in [9.17, 15) is 9.59 Å². The van der Waals surface area contributed by atoms with E-state index in [0.717, 1.165) is 52.9 Å². The molecule has 1 aliphatic carbocycles. The van der Waals surface area contributed by atoms with Gasteiger partial charge in [-0.15, -0.1) is 11.8 Å². The highest BCUT2D eigenvalue weighted by atomic mass is 32.2. The highest BCUT2D eigenvalue weighted by Gasteiger charge is 2.49. The highest BCUT2D eigenvalue weighted by molar-refractivity contribution is 7.98. The number of hydrogen-bond acceptors (Lipinski definition) is 4. The van der Waals surface area contributed by atoms with Crippen molar-refractivity contribution in [1.29, 1.82) is 0 Å². The Morgan fingerprint density at radius 1 is 1.12 bits per heavy atom. The molecule has 0 saturated heterocycles. The van der Waals surface area contributed by atoms with Crippen LogP contribution in [0.1, 0.15) is 49.5 Å². The Hall–Kier alpha value is -2.93. The van der Waals surface area contributed by atoms with Gasteiger partial charge in [0.2, 0.25) is 5.91 Å². The molecule has 1 N–H and O–H groups in total. The topological polar surface area (TPSA) is 63.6 Å². The molecule has 7 heteroatoms. The maximum absolute atomic E-state index is 14.0. The van der Waals surface area contributed by atoms with Crippen LogP contribution in [-0.4, -0.2) is 41.3 Å². The lowest BCUT2D eigenvalue weighted by Gasteiger charge is -2.44. The van der Waals surface area contributed by atoms with E-state index in [2.05, 4.69) is 5.32 Å². The van der Waals surface area contributed by atoms with E-state index in [-0.39, 0.29) is 17.9 Å². The highest BCUT2D eigenvalue weighted by Crippen LogP contribution is 2.38. The number of amides is 2. The molecular weight excluding hydrogens is 446 g/mol. The van der Waals surface area contributed by atoms with Gasteiger partial charge in [0.1, 0.15) is 17.0 Å². The molecule has 3 aromatic rings. The van der Waals surface area contributed by atoms with Crippen LogP contribution in [0.4, 0.5) is 5.69 Å². The molecule has 1 atom stereocenters. The van der Waals surface area contributed by atoms with Crippen LogP contribution in [-0.2, 0) is 11.3 Å². The molecule has 6 nitrogen and oxygen atoms in total. The van der Waals surface area contributed by atoms with Crippen LogP contribution < -0.4 is 15.0 Å². The summed E-state index contributed by atoms with van der Waals surface area (Å²) in [6.45, 7) is 2.26. The molecule has 2 aromatic carbocycles. The number of carbonyl (C=O) groups is 2. The molecule has 2 aliphatic rings. The van der Waals surface area contributed by atoms with E-state index in [0.29, 0.717) is 12.2 Å². The second kappa shape index (κ2) is 9.02. The first-order valence-corrected chi connectivity index (χ1v) is 13.1. The molecule has 34 heavy (non-hydrogen) atoms. The number of hydrogen-bond donors (Lipinski definition) is 1. The van der Waals surface area contributed by atoms with Gasteiger partial charge in [-0.3, -0.25) is 14.5 Å². The van der Waals surface area contributed by atoms with Crippen LogP contribution in [0.25, 0.3) is 10.9 Å². The van der Waals surface area contributed by atoms with Crippen LogP contribution in [0.3, 0.4) is 0 Å². The summed E-state index contributed by atoms with van der Waals surface area (Å²) in [6, 6.07) is 15.8. The number of ether oxygens (including phenoxy) is 1. The maximum atomic E-state index is 14.0. The van der Waals surface area contributed by atoms with Gasteiger partial charge in [0.05, 0.1) is 19.2 Å². The number of nitrogens with one attached hydrogen (secondary N) is 1. The van der Waals surface area contributed by atoms with Gasteiger partial charge in [-0.25, -0.2) is 0 Å². The molecule has 1 aliphatic heterocycles. The summed E-state index contributed by atoms with van der Waals surface area (Å²) in [7, 11) is 1.63. The Kier molecular flexibility index (Phi) is 6.06. The number of fused-ring (bicyclic) bond motifs is 3. The number of rotatable bonds is 5. The molecule has 1 saturated carbocycles. The van der Waals surface area contributed by atoms with Gasteiger partial charge in [-0.2, -0.15) is 0 Å². The predicted octanol–water partition coefficient (Wildman–Crippen LogP) is 5.24. The van der Waals surface area contributed by atoms with E-state index in [1.807, 2.05) is 66.3 Å². The smallest absolute Gasteiger partial charge is 0.275 e. The summed E-state index contributed by atoms with van der Waals surface area (Å²) in [6.07, 6.45) is 7.48. The number of anilines is 1. The number of benzene rings is 2. The average Bonchev–Trinajstić information content (AvgIpc) is 3.22. The molecule has 1 fully saturated rings. The maximum Gasteiger partial charge on any atom is 0.275 e. The van der Waals surface area contributed by atoms with Gasteiger partial charge in [0.25, 0.3) is 5.91 Å². The first-order chi connectivity index (χ1) is 16.4. The summed E-state index contributed by atoms with van der Waals surface area (Å²) in [5.74, 6) is 0.461. The molecule has 0 radical (unpaired) electrons. The van der Waals surface area contributed by atoms with Gasteiger partial charge >= 0.3 is 0 Å². The molecular formula is C27H31N3O3S. The Balaban J connectivity index is 1.63. The minimum Gasteiger partial charge on any atom is -0.497 e. The molecule has 0 spiro atoms. The van der Waals surface area contributed by atoms with Crippen LogP contribution in [0.5, 0.6) is 5.75 Å². The number of nitrogens with zero attached hydrogens (tertiary/aromatic N) is 2. The fourth-order valence-corrected chi connectivity index (χ4v) is 5.79. The third-order valence-corrected chi connectivity index (χ3v) is 7.96. The van der Waals surface area contributed by atoms with Crippen molar-refractivity contribution in [1.82, 2.24) is 9.88 Å². The Morgan fingerprint density at radius 2 is 1.91 bits per heavy atom. The summed E-state index contributed by atoms with van der Waals surface area (Å²) in [5, 5.41) is 4.25.